The average molecular weight is 220 g/mol. The third-order valence-corrected chi connectivity index (χ3v) is 2.12. The molecule has 0 fully saturated rings. The van der Waals surface area contributed by atoms with Crippen LogP contribution in [0.5, 0.6) is 0 Å². The summed E-state index contributed by atoms with van der Waals surface area (Å²) in [7, 11) is 0. The Labute approximate surface area is 99.9 Å². The second-order valence-electron chi connectivity index (χ2n) is 4.80. The number of hydrogen-bond acceptors (Lipinski definition) is 1. The van der Waals surface area contributed by atoms with E-state index < -0.39 is 5.60 Å². The van der Waals surface area contributed by atoms with Gasteiger partial charge in [-0.25, -0.2) is 0 Å². The molecule has 0 heterocycles. The quantitative estimate of drug-likeness (QED) is 0.504. The molecule has 90 valence electrons. The fourth-order valence-corrected chi connectivity index (χ4v) is 1.33. The lowest BCUT2D eigenvalue weighted by atomic mass is 10.0. The van der Waals surface area contributed by atoms with Crippen LogP contribution in [0.25, 0.3) is 0 Å². The van der Waals surface area contributed by atoms with Gasteiger partial charge in [0.05, 0.1) is 5.60 Å². The molecule has 16 heavy (non-hydrogen) atoms. The molecule has 0 atom stereocenters. The minimum absolute atomic E-state index is 0.553. The Morgan fingerprint density at radius 3 is 2.44 bits per heavy atom. The van der Waals surface area contributed by atoms with E-state index in [-0.39, 0.29) is 0 Å². The van der Waals surface area contributed by atoms with Gasteiger partial charge in [-0.05, 0) is 45.6 Å². The summed E-state index contributed by atoms with van der Waals surface area (Å²) in [5.41, 5.74) is 1.55. The molecule has 1 heteroatoms. The molecule has 0 aromatic heterocycles. The van der Waals surface area contributed by atoms with Gasteiger partial charge in [0.25, 0.3) is 0 Å². The largest absolute Gasteiger partial charge is 0.390 e. The van der Waals surface area contributed by atoms with Crippen LogP contribution in [-0.2, 0) is 0 Å². The van der Waals surface area contributed by atoms with Crippen LogP contribution in [0.15, 0.2) is 48.6 Å². The van der Waals surface area contributed by atoms with Gasteiger partial charge < -0.3 is 5.11 Å². The maximum Gasteiger partial charge on any atom is 0.0591 e. The molecule has 0 radical (unpaired) electrons. The first-order valence-electron chi connectivity index (χ1n) is 5.74. The number of aliphatic hydroxyl groups is 1. The Morgan fingerprint density at radius 1 is 1.38 bits per heavy atom. The highest BCUT2D eigenvalue weighted by atomic mass is 16.3. The number of allylic oxidation sites excluding steroid dienone is 6. The zero-order valence-corrected chi connectivity index (χ0v) is 10.8. The standard InChI is InChI=1S/C15H24O/c1-6-14(12-13(2)3)10-8-7-9-11-15(4,5)16/h6,8,10,12,16H,1-2,7,9,11H2,3-5H3/b10-8+,14-12+. The Kier molecular flexibility index (Phi) is 6.75. The predicted molar refractivity (Wildman–Crippen MR) is 72.4 cm³/mol. The van der Waals surface area contributed by atoms with Crippen LogP contribution in [0.2, 0.25) is 0 Å². The van der Waals surface area contributed by atoms with Crippen LogP contribution in [0.4, 0.5) is 0 Å². The normalized spacial score (nSPS) is 13.1. The number of unbranched alkanes of at least 4 members (excludes halogenated alkanes) is 1. The van der Waals surface area contributed by atoms with Crippen LogP contribution in [0, 0.1) is 0 Å². The summed E-state index contributed by atoms with van der Waals surface area (Å²) in [5.74, 6) is 0. The fraction of sp³-hybridized carbons (Fsp3) is 0.467. The van der Waals surface area contributed by atoms with Crippen molar-refractivity contribution in [3.05, 3.63) is 48.6 Å². The lowest BCUT2D eigenvalue weighted by molar-refractivity contribution is 0.0691. The van der Waals surface area contributed by atoms with Crippen LogP contribution in [0.1, 0.15) is 40.0 Å². The SMILES string of the molecule is C=CC(/C=C/CCCC(C)(C)O)=C\C(=C)C. The smallest absolute Gasteiger partial charge is 0.0591 e. The molecule has 0 aromatic carbocycles. The van der Waals surface area contributed by atoms with Crippen molar-refractivity contribution < 1.29 is 5.11 Å². The first kappa shape index (κ1) is 14.9. The Bertz CT molecular complexity index is 287. The molecule has 1 nitrogen and oxygen atoms in total. The van der Waals surface area contributed by atoms with Crippen molar-refractivity contribution in [3.8, 4) is 0 Å². The zero-order valence-electron chi connectivity index (χ0n) is 10.8. The lowest BCUT2D eigenvalue weighted by Gasteiger charge is -2.15. The lowest BCUT2D eigenvalue weighted by Crippen LogP contribution is -2.17. The van der Waals surface area contributed by atoms with Crippen LogP contribution >= 0.6 is 0 Å². The van der Waals surface area contributed by atoms with E-state index in [1.165, 1.54) is 0 Å². The molecule has 0 aliphatic rings. The molecule has 0 saturated carbocycles. The van der Waals surface area contributed by atoms with Gasteiger partial charge in [-0.3, -0.25) is 0 Å². The first-order chi connectivity index (χ1) is 7.35. The molecule has 0 aromatic rings. The summed E-state index contributed by atoms with van der Waals surface area (Å²) >= 11 is 0. The first-order valence-corrected chi connectivity index (χ1v) is 5.74. The third kappa shape index (κ3) is 9.47. The van der Waals surface area contributed by atoms with Gasteiger partial charge in [-0.15, -0.1) is 0 Å². The van der Waals surface area contributed by atoms with E-state index in [4.69, 9.17) is 0 Å². The third-order valence-electron chi connectivity index (χ3n) is 2.12. The van der Waals surface area contributed by atoms with E-state index in [9.17, 15) is 5.11 Å². The summed E-state index contributed by atoms with van der Waals surface area (Å²) in [6.45, 7) is 13.2. The van der Waals surface area contributed by atoms with Gasteiger partial charge in [-0.1, -0.05) is 43.0 Å². The maximum absolute atomic E-state index is 9.53. The van der Waals surface area contributed by atoms with Crippen LogP contribution in [-0.4, -0.2) is 10.7 Å². The minimum Gasteiger partial charge on any atom is -0.390 e. The molecular formula is C15H24O. The Hall–Kier alpha value is -1.08. The van der Waals surface area contributed by atoms with Crippen molar-refractivity contribution in [2.24, 2.45) is 0 Å². The van der Waals surface area contributed by atoms with Crippen molar-refractivity contribution in [2.45, 2.75) is 45.6 Å². The molecule has 0 spiro atoms. The molecule has 0 aliphatic carbocycles. The Balaban J connectivity index is 4.00. The second-order valence-corrected chi connectivity index (χ2v) is 4.80. The van der Waals surface area contributed by atoms with Crippen molar-refractivity contribution >= 4 is 0 Å². The molecule has 0 aliphatic heterocycles. The molecule has 0 saturated heterocycles. The second kappa shape index (κ2) is 7.24. The Morgan fingerprint density at radius 2 is 2.00 bits per heavy atom. The predicted octanol–water partition coefficient (Wildman–Crippen LogP) is 4.17. The van der Waals surface area contributed by atoms with Crippen molar-refractivity contribution in [1.29, 1.82) is 0 Å². The number of hydrogen-bond donors (Lipinski definition) is 1. The molecule has 1 N–H and O–H groups in total. The van der Waals surface area contributed by atoms with E-state index in [1.807, 2.05) is 39.0 Å². The van der Waals surface area contributed by atoms with E-state index in [0.29, 0.717) is 0 Å². The van der Waals surface area contributed by atoms with Gasteiger partial charge in [0.15, 0.2) is 0 Å². The maximum atomic E-state index is 9.53. The summed E-state index contributed by atoms with van der Waals surface area (Å²) in [5, 5.41) is 9.53. The van der Waals surface area contributed by atoms with E-state index in [0.717, 1.165) is 30.4 Å². The van der Waals surface area contributed by atoms with E-state index in [1.54, 1.807) is 0 Å². The van der Waals surface area contributed by atoms with E-state index >= 15 is 0 Å². The van der Waals surface area contributed by atoms with Gasteiger partial charge >= 0.3 is 0 Å². The summed E-state index contributed by atoms with van der Waals surface area (Å²) in [6.07, 6.45) is 10.8. The molecule has 0 rings (SSSR count). The molecule has 0 amide bonds. The summed E-state index contributed by atoms with van der Waals surface area (Å²) in [4.78, 5) is 0. The number of rotatable bonds is 7. The van der Waals surface area contributed by atoms with Crippen molar-refractivity contribution in [1.82, 2.24) is 0 Å². The zero-order chi connectivity index (χ0) is 12.6. The minimum atomic E-state index is -0.553. The van der Waals surface area contributed by atoms with Crippen LogP contribution in [0.3, 0.4) is 0 Å². The van der Waals surface area contributed by atoms with Gasteiger partial charge in [0.2, 0.25) is 0 Å². The van der Waals surface area contributed by atoms with Crippen molar-refractivity contribution in [2.75, 3.05) is 0 Å². The van der Waals surface area contributed by atoms with Gasteiger partial charge in [-0.2, -0.15) is 0 Å². The fourth-order valence-electron chi connectivity index (χ4n) is 1.33. The highest BCUT2D eigenvalue weighted by Gasteiger charge is 2.10. The summed E-state index contributed by atoms with van der Waals surface area (Å²) < 4.78 is 0. The van der Waals surface area contributed by atoms with Gasteiger partial charge in [0, 0.05) is 0 Å². The topological polar surface area (TPSA) is 20.2 Å². The van der Waals surface area contributed by atoms with Crippen LogP contribution < -0.4 is 0 Å². The van der Waals surface area contributed by atoms with Gasteiger partial charge in [0.1, 0.15) is 0 Å². The highest BCUT2D eigenvalue weighted by Crippen LogP contribution is 2.12. The molecule has 0 unspecified atom stereocenters. The molecular weight excluding hydrogens is 196 g/mol. The average Bonchev–Trinajstić information content (AvgIpc) is 2.13. The summed E-state index contributed by atoms with van der Waals surface area (Å²) in [6, 6.07) is 0. The molecule has 0 bridgehead atoms. The van der Waals surface area contributed by atoms with Crippen molar-refractivity contribution in [3.63, 3.8) is 0 Å². The highest BCUT2D eigenvalue weighted by molar-refractivity contribution is 5.34. The van der Waals surface area contributed by atoms with E-state index in [2.05, 4.69) is 19.2 Å². The monoisotopic (exact) mass is 220 g/mol.